The number of hydrogen-bond donors (Lipinski definition) is 3. The van der Waals surface area contributed by atoms with E-state index in [9.17, 15) is 5.11 Å². The molecule has 0 aliphatic heterocycles. The van der Waals surface area contributed by atoms with Crippen LogP contribution in [0.4, 0.5) is 11.8 Å². The van der Waals surface area contributed by atoms with E-state index >= 15 is 0 Å². The van der Waals surface area contributed by atoms with Crippen molar-refractivity contribution in [3.05, 3.63) is 11.4 Å². The molecule has 6 heteroatoms. The van der Waals surface area contributed by atoms with Crippen LogP contribution in [0.1, 0.15) is 32.6 Å². The fourth-order valence-electron chi connectivity index (χ4n) is 2.95. The van der Waals surface area contributed by atoms with Gasteiger partial charge < -0.3 is 15.7 Å². The van der Waals surface area contributed by atoms with E-state index in [1.165, 1.54) is 0 Å². The normalized spacial score (nSPS) is 26.0. The second kappa shape index (κ2) is 5.77. The van der Waals surface area contributed by atoms with Gasteiger partial charge in [0, 0.05) is 7.05 Å². The zero-order chi connectivity index (χ0) is 14.9. The minimum Gasteiger partial charge on any atom is -0.394 e. The molecule has 3 rings (SSSR count). The molecule has 3 N–H and O–H groups in total. The van der Waals surface area contributed by atoms with E-state index < -0.39 is 0 Å². The molecular weight excluding hydrogens is 284 g/mol. The largest absolute Gasteiger partial charge is 0.394 e. The quantitative estimate of drug-likeness (QED) is 0.810. The molecule has 114 valence electrons. The maximum absolute atomic E-state index is 9.92. The van der Waals surface area contributed by atoms with Crippen molar-refractivity contribution >= 4 is 33.3 Å². The summed E-state index contributed by atoms with van der Waals surface area (Å²) in [7, 11) is 1.82. The monoisotopic (exact) mass is 306 g/mol. The van der Waals surface area contributed by atoms with Crippen LogP contribution in [-0.4, -0.2) is 34.3 Å². The number of aromatic nitrogens is 2. The second-order valence-electron chi connectivity index (χ2n) is 6.03. The summed E-state index contributed by atoms with van der Waals surface area (Å²) in [4.78, 5) is 9.99. The molecule has 0 bridgehead atoms. The minimum atomic E-state index is -0.249. The lowest BCUT2D eigenvalue weighted by Crippen LogP contribution is -2.45. The zero-order valence-electron chi connectivity index (χ0n) is 12.5. The topological polar surface area (TPSA) is 70.1 Å². The predicted molar refractivity (Wildman–Crippen MR) is 88.0 cm³/mol. The maximum atomic E-state index is 9.92. The van der Waals surface area contributed by atoms with Crippen molar-refractivity contribution in [2.75, 3.05) is 24.3 Å². The summed E-state index contributed by atoms with van der Waals surface area (Å²) >= 11 is 1.61. The van der Waals surface area contributed by atoms with Gasteiger partial charge in [-0.2, -0.15) is 4.98 Å². The molecule has 0 unspecified atom stereocenters. The molecule has 0 atom stereocenters. The SMILES string of the molecule is CNc1nc(NC2(CO)CCC(C)CC2)c2ccsc2n1. The third kappa shape index (κ3) is 2.82. The Morgan fingerprint density at radius 2 is 2.14 bits per heavy atom. The Balaban J connectivity index is 1.94. The smallest absolute Gasteiger partial charge is 0.225 e. The summed E-state index contributed by atoms with van der Waals surface area (Å²) < 4.78 is 0. The van der Waals surface area contributed by atoms with Gasteiger partial charge in [-0.25, -0.2) is 4.98 Å². The van der Waals surface area contributed by atoms with Gasteiger partial charge in [-0.1, -0.05) is 6.92 Å². The number of aliphatic hydroxyl groups excluding tert-OH is 1. The van der Waals surface area contributed by atoms with Crippen LogP contribution in [0.25, 0.3) is 10.2 Å². The Morgan fingerprint density at radius 1 is 1.38 bits per heavy atom. The highest BCUT2D eigenvalue weighted by Crippen LogP contribution is 2.36. The molecule has 1 aliphatic carbocycles. The van der Waals surface area contributed by atoms with Gasteiger partial charge in [0.05, 0.1) is 17.5 Å². The third-order valence-electron chi connectivity index (χ3n) is 4.47. The summed E-state index contributed by atoms with van der Waals surface area (Å²) in [6, 6.07) is 2.04. The number of thiophene rings is 1. The summed E-state index contributed by atoms with van der Waals surface area (Å²) in [5.41, 5.74) is -0.249. The first-order chi connectivity index (χ1) is 10.2. The van der Waals surface area contributed by atoms with Crippen molar-refractivity contribution in [1.82, 2.24) is 9.97 Å². The number of nitrogens with zero attached hydrogens (tertiary/aromatic N) is 2. The Morgan fingerprint density at radius 3 is 2.81 bits per heavy atom. The molecular formula is C15H22N4OS. The van der Waals surface area contributed by atoms with E-state index in [1.807, 2.05) is 18.5 Å². The first-order valence-electron chi connectivity index (χ1n) is 7.48. The molecule has 2 aromatic heterocycles. The van der Waals surface area contributed by atoms with Crippen LogP contribution in [-0.2, 0) is 0 Å². The summed E-state index contributed by atoms with van der Waals surface area (Å²) in [6.45, 7) is 2.42. The van der Waals surface area contributed by atoms with Crippen LogP contribution < -0.4 is 10.6 Å². The average Bonchev–Trinajstić information content (AvgIpc) is 2.98. The molecule has 1 aliphatic rings. The van der Waals surface area contributed by atoms with Crippen LogP contribution in [0.3, 0.4) is 0 Å². The van der Waals surface area contributed by atoms with Crippen molar-refractivity contribution in [3.63, 3.8) is 0 Å². The number of rotatable bonds is 4. The van der Waals surface area contributed by atoms with Gasteiger partial charge in [0.15, 0.2) is 0 Å². The molecule has 0 amide bonds. The molecule has 0 radical (unpaired) electrons. The lowest BCUT2D eigenvalue weighted by atomic mass is 9.77. The van der Waals surface area contributed by atoms with Gasteiger partial charge in [-0.05, 0) is 43.0 Å². The van der Waals surface area contributed by atoms with Crippen LogP contribution in [0, 0.1) is 5.92 Å². The van der Waals surface area contributed by atoms with Crippen molar-refractivity contribution in [2.24, 2.45) is 5.92 Å². The highest BCUT2D eigenvalue weighted by molar-refractivity contribution is 7.16. The van der Waals surface area contributed by atoms with Gasteiger partial charge in [0.25, 0.3) is 0 Å². The van der Waals surface area contributed by atoms with Crippen LogP contribution >= 0.6 is 11.3 Å². The number of aliphatic hydroxyl groups is 1. The number of nitrogens with one attached hydrogen (secondary N) is 2. The third-order valence-corrected chi connectivity index (χ3v) is 5.27. The summed E-state index contributed by atoms with van der Waals surface area (Å²) in [5.74, 6) is 2.19. The van der Waals surface area contributed by atoms with Crippen molar-refractivity contribution in [3.8, 4) is 0 Å². The van der Waals surface area contributed by atoms with Gasteiger partial charge in [-0.15, -0.1) is 11.3 Å². The number of fused-ring (bicyclic) bond motifs is 1. The predicted octanol–water partition coefficient (Wildman–Crippen LogP) is 3.09. The van der Waals surface area contributed by atoms with E-state index in [0.29, 0.717) is 5.95 Å². The first kappa shape index (κ1) is 14.5. The fourth-order valence-corrected chi connectivity index (χ4v) is 3.71. The molecule has 0 aromatic carbocycles. The Bertz CT molecular complexity index is 619. The summed E-state index contributed by atoms with van der Waals surface area (Å²) in [6.07, 6.45) is 4.25. The van der Waals surface area contributed by atoms with Gasteiger partial charge >= 0.3 is 0 Å². The van der Waals surface area contributed by atoms with Crippen LogP contribution in [0.15, 0.2) is 11.4 Å². The fraction of sp³-hybridized carbons (Fsp3) is 0.600. The molecule has 1 saturated carbocycles. The molecule has 0 spiro atoms. The molecule has 2 aromatic rings. The molecule has 2 heterocycles. The number of hydrogen-bond acceptors (Lipinski definition) is 6. The van der Waals surface area contributed by atoms with E-state index in [4.69, 9.17) is 0 Å². The Kier molecular flexibility index (Phi) is 3.99. The van der Waals surface area contributed by atoms with Crippen LogP contribution in [0.5, 0.6) is 0 Å². The highest BCUT2D eigenvalue weighted by atomic mass is 32.1. The molecule has 0 saturated heterocycles. The van der Waals surface area contributed by atoms with E-state index in [2.05, 4.69) is 27.5 Å². The van der Waals surface area contributed by atoms with Gasteiger partial charge in [0.2, 0.25) is 5.95 Å². The number of anilines is 2. The second-order valence-corrected chi connectivity index (χ2v) is 6.93. The van der Waals surface area contributed by atoms with E-state index in [-0.39, 0.29) is 12.1 Å². The van der Waals surface area contributed by atoms with Crippen molar-refractivity contribution in [1.29, 1.82) is 0 Å². The average molecular weight is 306 g/mol. The zero-order valence-corrected chi connectivity index (χ0v) is 13.3. The van der Waals surface area contributed by atoms with Crippen molar-refractivity contribution < 1.29 is 5.11 Å². The van der Waals surface area contributed by atoms with Crippen molar-refractivity contribution in [2.45, 2.75) is 38.1 Å². The standard InChI is InChI=1S/C15H22N4OS/c1-10-3-6-15(9-20,7-4-10)19-12-11-5-8-21-13(11)18-14(16-2)17-12/h5,8,10,20H,3-4,6-7,9H2,1-2H3,(H2,16,17,18,19). The van der Waals surface area contributed by atoms with E-state index in [1.54, 1.807) is 11.3 Å². The lowest BCUT2D eigenvalue weighted by Gasteiger charge is -2.39. The van der Waals surface area contributed by atoms with Gasteiger partial charge in [0.1, 0.15) is 10.6 Å². The van der Waals surface area contributed by atoms with Gasteiger partial charge in [-0.3, -0.25) is 0 Å². The Hall–Kier alpha value is -1.40. The van der Waals surface area contributed by atoms with Crippen LogP contribution in [0.2, 0.25) is 0 Å². The molecule has 21 heavy (non-hydrogen) atoms. The molecule has 5 nitrogen and oxygen atoms in total. The minimum absolute atomic E-state index is 0.143. The first-order valence-corrected chi connectivity index (χ1v) is 8.36. The maximum Gasteiger partial charge on any atom is 0.225 e. The highest BCUT2D eigenvalue weighted by Gasteiger charge is 2.34. The summed E-state index contributed by atoms with van der Waals surface area (Å²) in [5, 5.41) is 19.5. The lowest BCUT2D eigenvalue weighted by molar-refractivity contribution is 0.155. The van der Waals surface area contributed by atoms with E-state index in [0.717, 1.165) is 47.6 Å². The Labute approximate surface area is 128 Å². The molecule has 1 fully saturated rings.